The van der Waals surface area contributed by atoms with Gasteiger partial charge in [-0.15, -0.1) is 33.5 Å². The Morgan fingerprint density at radius 1 is 0.848 bits per heavy atom. The molecule has 46 heavy (non-hydrogen) atoms. The summed E-state index contributed by atoms with van der Waals surface area (Å²) in [5.74, 6) is -2.19. The van der Waals surface area contributed by atoms with Gasteiger partial charge in [0.25, 0.3) is 0 Å². The van der Waals surface area contributed by atoms with Crippen LogP contribution < -0.4 is 25.7 Å². The first-order valence-electron chi connectivity index (χ1n) is 15.7. The van der Waals surface area contributed by atoms with E-state index in [0.29, 0.717) is 34.6 Å². The number of rotatable bonds is 6. The molecule has 10 heteroatoms. The van der Waals surface area contributed by atoms with Crippen LogP contribution in [0, 0.1) is 38.5 Å². The van der Waals surface area contributed by atoms with Gasteiger partial charge in [0.15, 0.2) is 0 Å². The van der Waals surface area contributed by atoms with Crippen molar-refractivity contribution < 1.29 is 24.2 Å². The van der Waals surface area contributed by atoms with Crippen molar-refractivity contribution in [2.45, 2.75) is 73.3 Å². The van der Waals surface area contributed by atoms with Crippen molar-refractivity contribution in [3.8, 4) is 0 Å². The van der Waals surface area contributed by atoms with Gasteiger partial charge in [0, 0.05) is 6.42 Å². The summed E-state index contributed by atoms with van der Waals surface area (Å²) in [4.78, 5) is 40.9. The third-order valence-electron chi connectivity index (χ3n) is 10.1. The molecular weight excluding hydrogens is 593 g/mol. The topological polar surface area (TPSA) is 129 Å². The number of ether oxygens (including phenoxy) is 2. The van der Waals surface area contributed by atoms with Crippen molar-refractivity contribution in [2.24, 2.45) is 17.8 Å². The molecule has 0 saturated carbocycles. The normalized spacial score (nSPS) is 25.4. The summed E-state index contributed by atoms with van der Waals surface area (Å²) in [6, 6.07) is 0. The Hall–Kier alpha value is -3.47. The summed E-state index contributed by atoms with van der Waals surface area (Å²) in [6.45, 7) is 12.4. The molecule has 6 rings (SSSR count). The van der Waals surface area contributed by atoms with Gasteiger partial charge in [-0.3, -0.25) is 9.59 Å². The molecule has 1 saturated heterocycles. The molecule has 9 nitrogen and oxygen atoms in total. The van der Waals surface area contributed by atoms with E-state index in [9.17, 15) is 14.7 Å². The summed E-state index contributed by atoms with van der Waals surface area (Å²) in [5, 5.41) is 18.6. The van der Waals surface area contributed by atoms with Crippen LogP contribution in [0.1, 0.15) is 95.9 Å². The number of nitrogens with zero attached hydrogens (tertiary/aromatic N) is 4. The molecule has 0 spiro atoms. The first-order valence-corrected chi connectivity index (χ1v) is 15.7. The van der Waals surface area contributed by atoms with Crippen LogP contribution >= 0.6 is 0 Å². The fourth-order valence-corrected chi connectivity index (χ4v) is 7.43. The van der Waals surface area contributed by atoms with Crippen LogP contribution in [-0.4, -0.2) is 54.3 Å². The Bertz CT molecular complexity index is 1910. The Morgan fingerprint density at radius 3 is 2.17 bits per heavy atom. The molecule has 4 atom stereocenters. The molecule has 0 radical (unpaired) electrons. The smallest absolute Gasteiger partial charge is 0.664 e. The van der Waals surface area contributed by atoms with E-state index in [-0.39, 0.29) is 47.3 Å². The third-order valence-corrected chi connectivity index (χ3v) is 10.1. The molecule has 238 valence electrons. The number of esters is 2. The van der Waals surface area contributed by atoms with E-state index in [4.69, 9.17) is 29.7 Å². The van der Waals surface area contributed by atoms with Crippen molar-refractivity contribution in [3.05, 3.63) is 83.6 Å². The van der Waals surface area contributed by atoms with Crippen LogP contribution in [0.5, 0.6) is 0 Å². The Kier molecular flexibility index (Phi) is 9.55. The van der Waals surface area contributed by atoms with E-state index in [1.54, 1.807) is 0 Å². The predicted molar refractivity (Wildman–Crippen MR) is 177 cm³/mol. The number of aliphatic hydroxyl groups excluding tert-OH is 1. The minimum absolute atomic E-state index is 0. The molecule has 0 unspecified atom stereocenters. The van der Waals surface area contributed by atoms with E-state index in [2.05, 4.69) is 40.7 Å². The fraction of sp³-hybridized carbons (Fsp3) is 0.444. The number of aromatic nitrogens is 3. The minimum Gasteiger partial charge on any atom is -0.664 e. The summed E-state index contributed by atoms with van der Waals surface area (Å²) >= 11 is 0. The predicted octanol–water partition coefficient (Wildman–Crippen LogP) is 3.38. The first kappa shape index (κ1) is 33.9. The fourth-order valence-electron chi connectivity index (χ4n) is 7.43. The SMILES string of the molecule is CCc1c2[n-]c(c1C)/C=C1\[N-]/C(=C3\c4[n-]c(c(C)c4[C@H](O)[C@@H]3C(=O)OC)/C=c3\[n-]/c(c(C)c3CC)=C\2)[C@@H](CCC(=O)OC)[C@@H]1C.[Mg+2]. The third kappa shape index (κ3) is 5.28. The standard InChI is InChI=1S/C36H40N4O5.Mg/c1-9-20-16(3)23-13-25-18(5)22(11-12-29(41)44-7)33(39-25)31-32(36(43)45-8)35(42)30-19(6)26(40-34(30)31)15-28-21(10-2)17(4)24(38-28)14-27(20)37-23;/h13-15,18,22,32,35,42H,9-12H2,1-8H3;/q-4;+2/b24-14-,25-13-,28-15-,33-31-;/t18-,22-,32+,35-;/m0./s1. The molecule has 0 amide bonds. The van der Waals surface area contributed by atoms with E-state index in [1.165, 1.54) is 14.2 Å². The van der Waals surface area contributed by atoms with E-state index >= 15 is 0 Å². The van der Waals surface area contributed by atoms with Crippen LogP contribution in [0.25, 0.3) is 29.1 Å². The summed E-state index contributed by atoms with van der Waals surface area (Å²) < 4.78 is 10.2. The van der Waals surface area contributed by atoms with Gasteiger partial charge < -0.3 is 34.8 Å². The van der Waals surface area contributed by atoms with Crippen LogP contribution in [0.2, 0.25) is 0 Å². The van der Waals surface area contributed by atoms with E-state index in [1.807, 2.05) is 19.1 Å². The maximum atomic E-state index is 13.3. The van der Waals surface area contributed by atoms with Gasteiger partial charge in [-0.05, 0) is 57.4 Å². The number of hydrogen-bond donors (Lipinski definition) is 1. The van der Waals surface area contributed by atoms with Crippen molar-refractivity contribution in [1.29, 1.82) is 0 Å². The zero-order valence-corrected chi connectivity index (χ0v) is 29.4. The summed E-state index contributed by atoms with van der Waals surface area (Å²) in [7, 11) is 2.70. The number of carbonyl (C=O) groups excluding carboxylic acids is 2. The zero-order valence-electron chi connectivity index (χ0n) is 27.9. The molecule has 3 aromatic heterocycles. The molecule has 1 N–H and O–H groups in total. The van der Waals surface area contributed by atoms with Crippen LogP contribution in [0.4, 0.5) is 0 Å². The van der Waals surface area contributed by atoms with Gasteiger partial charge in [0.2, 0.25) is 0 Å². The molecule has 1 fully saturated rings. The first-order chi connectivity index (χ1) is 21.5. The average molecular weight is 633 g/mol. The maximum Gasteiger partial charge on any atom is 2.00 e. The second kappa shape index (κ2) is 13.0. The Labute approximate surface area is 285 Å². The van der Waals surface area contributed by atoms with Gasteiger partial charge >= 0.3 is 35.0 Å². The van der Waals surface area contributed by atoms with Crippen LogP contribution in [0.15, 0.2) is 11.4 Å². The molecule has 1 aliphatic carbocycles. The van der Waals surface area contributed by atoms with Crippen LogP contribution in [0.3, 0.4) is 0 Å². The molecule has 3 aromatic rings. The second-order valence-corrected chi connectivity index (χ2v) is 12.3. The van der Waals surface area contributed by atoms with Gasteiger partial charge in [0.05, 0.1) is 20.3 Å². The van der Waals surface area contributed by atoms with Crippen molar-refractivity contribution in [1.82, 2.24) is 15.0 Å². The molecule has 8 bridgehead atoms. The summed E-state index contributed by atoms with van der Waals surface area (Å²) in [5.41, 5.74) is 10.9. The van der Waals surface area contributed by atoms with Crippen molar-refractivity contribution in [2.75, 3.05) is 14.2 Å². The maximum absolute atomic E-state index is 13.3. The largest absolute Gasteiger partial charge is 2.00 e. The molecular formula is C36H40MgN4O5-2. The van der Waals surface area contributed by atoms with Crippen molar-refractivity contribution >= 4 is 58.8 Å². The molecule has 0 aromatic carbocycles. The average Bonchev–Trinajstić information content (AvgIpc) is 3.76. The Morgan fingerprint density at radius 2 is 1.52 bits per heavy atom. The van der Waals surface area contributed by atoms with Gasteiger partial charge in [-0.1, -0.05) is 72.4 Å². The molecule has 3 aliphatic rings. The number of hydrogen-bond acceptors (Lipinski definition) is 5. The second-order valence-electron chi connectivity index (χ2n) is 12.3. The number of allylic oxidation sites excluding steroid dienone is 2. The van der Waals surface area contributed by atoms with Gasteiger partial charge in [-0.2, -0.15) is 11.4 Å². The zero-order chi connectivity index (χ0) is 32.3. The Balaban J connectivity index is 0.00000417. The molecule has 2 aliphatic heterocycles. The number of methoxy groups -OCH3 is 2. The van der Waals surface area contributed by atoms with Crippen molar-refractivity contribution in [3.63, 3.8) is 0 Å². The van der Waals surface area contributed by atoms with E-state index in [0.717, 1.165) is 68.4 Å². The number of fused-ring (bicyclic) bond motifs is 7. The van der Waals surface area contributed by atoms with Gasteiger partial charge in [0.1, 0.15) is 5.92 Å². The minimum atomic E-state index is -1.15. The number of carbonyl (C=O) groups is 2. The number of aliphatic hydroxyl groups is 1. The van der Waals surface area contributed by atoms with Crippen LogP contribution in [-0.2, 0) is 31.9 Å². The quantitative estimate of drug-likeness (QED) is 0.324. The molecule has 5 heterocycles. The van der Waals surface area contributed by atoms with E-state index < -0.39 is 18.0 Å². The summed E-state index contributed by atoms with van der Waals surface area (Å²) in [6.07, 6.45) is 7.19. The monoisotopic (exact) mass is 632 g/mol. The van der Waals surface area contributed by atoms with Gasteiger partial charge in [-0.25, -0.2) is 0 Å².